The second kappa shape index (κ2) is 15.0. The van der Waals surface area contributed by atoms with Gasteiger partial charge in [0.2, 0.25) is 11.8 Å². The van der Waals surface area contributed by atoms with Gasteiger partial charge in [-0.25, -0.2) is 0 Å². The summed E-state index contributed by atoms with van der Waals surface area (Å²) in [5.41, 5.74) is 0. The Morgan fingerprint density at radius 2 is 1.04 bits per heavy atom. The van der Waals surface area contributed by atoms with E-state index in [-0.39, 0.29) is 23.9 Å². The lowest BCUT2D eigenvalue weighted by Gasteiger charge is -2.33. The molecule has 0 bridgehead atoms. The number of unbranched alkanes of at least 4 members (excludes halogenated alkanes) is 8. The second-order valence-electron chi connectivity index (χ2n) is 7.96. The molecule has 0 heterocycles. The van der Waals surface area contributed by atoms with E-state index < -0.39 is 0 Å². The van der Waals surface area contributed by atoms with Crippen LogP contribution in [0.4, 0.5) is 0 Å². The van der Waals surface area contributed by atoms with Gasteiger partial charge in [0, 0.05) is 24.9 Å². The van der Waals surface area contributed by atoms with Gasteiger partial charge < -0.3 is 10.6 Å². The first-order valence-electron chi connectivity index (χ1n) is 11.3. The van der Waals surface area contributed by atoms with Crippen molar-refractivity contribution in [3.63, 3.8) is 0 Å². The Balaban J connectivity index is 2.25. The molecule has 0 aliphatic heterocycles. The maximum absolute atomic E-state index is 12.2. The third-order valence-electron chi connectivity index (χ3n) is 5.47. The number of nitrogens with one attached hydrogen (secondary N) is 2. The number of carbonyl (C=O) groups is 2. The highest BCUT2D eigenvalue weighted by molar-refractivity contribution is 5.77. The molecular weight excluding hydrogens is 324 g/mol. The maximum atomic E-state index is 12.2. The van der Waals surface area contributed by atoms with E-state index in [2.05, 4.69) is 24.5 Å². The van der Waals surface area contributed by atoms with E-state index in [0.29, 0.717) is 12.8 Å². The monoisotopic (exact) mass is 366 g/mol. The van der Waals surface area contributed by atoms with Gasteiger partial charge in [-0.15, -0.1) is 0 Å². The van der Waals surface area contributed by atoms with Crippen LogP contribution in [0.25, 0.3) is 0 Å². The molecule has 0 aromatic carbocycles. The van der Waals surface area contributed by atoms with Crippen LogP contribution >= 0.6 is 0 Å². The highest BCUT2D eigenvalue weighted by Gasteiger charge is 2.27. The summed E-state index contributed by atoms with van der Waals surface area (Å²) in [5.74, 6) is 0.319. The Morgan fingerprint density at radius 3 is 1.42 bits per heavy atom. The molecule has 0 unspecified atom stereocenters. The van der Waals surface area contributed by atoms with Gasteiger partial charge in [0.1, 0.15) is 0 Å². The summed E-state index contributed by atoms with van der Waals surface area (Å²) in [7, 11) is 0. The minimum Gasteiger partial charge on any atom is -0.351 e. The van der Waals surface area contributed by atoms with Crippen LogP contribution in [0.2, 0.25) is 0 Å². The molecule has 1 aliphatic carbocycles. The standard InChI is InChI=1S/C22H42N2O2/c1-3-5-7-9-11-17-21(25)23-19-15-13-14-16-20(19)24-22(26)18-12-10-8-6-4-2/h19-20H,3-18H2,1-2H3,(H,23,25)(H,24,26)/t19-,20-/m1/s1. The van der Waals surface area contributed by atoms with Crippen LogP contribution in [-0.4, -0.2) is 23.9 Å². The first kappa shape index (κ1) is 23.0. The van der Waals surface area contributed by atoms with Gasteiger partial charge in [-0.05, 0) is 25.7 Å². The lowest BCUT2D eigenvalue weighted by atomic mass is 9.90. The van der Waals surface area contributed by atoms with Gasteiger partial charge in [-0.3, -0.25) is 9.59 Å². The quantitative estimate of drug-likeness (QED) is 0.412. The van der Waals surface area contributed by atoms with Crippen molar-refractivity contribution in [2.75, 3.05) is 0 Å². The van der Waals surface area contributed by atoms with E-state index in [1.165, 1.54) is 38.5 Å². The molecule has 0 spiro atoms. The SMILES string of the molecule is CCCCCCCC(=O)N[C@@H]1CCCC[C@H]1NC(=O)CCCCCCC. The van der Waals surface area contributed by atoms with Crippen molar-refractivity contribution in [1.82, 2.24) is 10.6 Å². The third kappa shape index (κ3) is 10.8. The van der Waals surface area contributed by atoms with Crippen LogP contribution in [-0.2, 0) is 9.59 Å². The normalized spacial score (nSPS) is 19.9. The molecule has 2 N–H and O–H groups in total. The van der Waals surface area contributed by atoms with Crippen molar-refractivity contribution >= 4 is 11.8 Å². The van der Waals surface area contributed by atoms with E-state index in [1.54, 1.807) is 0 Å². The molecular formula is C22H42N2O2. The molecule has 26 heavy (non-hydrogen) atoms. The molecule has 0 saturated heterocycles. The zero-order valence-electron chi connectivity index (χ0n) is 17.3. The minimum atomic E-state index is 0.121. The molecule has 4 heteroatoms. The molecule has 2 atom stereocenters. The van der Waals surface area contributed by atoms with E-state index in [9.17, 15) is 9.59 Å². The van der Waals surface area contributed by atoms with Gasteiger partial charge in [0.25, 0.3) is 0 Å². The van der Waals surface area contributed by atoms with Crippen LogP contribution in [0.5, 0.6) is 0 Å². The van der Waals surface area contributed by atoms with Crippen LogP contribution in [0.15, 0.2) is 0 Å². The Hall–Kier alpha value is -1.06. The van der Waals surface area contributed by atoms with Gasteiger partial charge >= 0.3 is 0 Å². The number of hydrogen-bond acceptors (Lipinski definition) is 2. The fraction of sp³-hybridized carbons (Fsp3) is 0.909. The molecule has 4 nitrogen and oxygen atoms in total. The Bertz CT molecular complexity index is 348. The highest BCUT2D eigenvalue weighted by Crippen LogP contribution is 2.19. The van der Waals surface area contributed by atoms with Crippen LogP contribution in [0, 0.1) is 0 Å². The molecule has 0 aromatic heterocycles. The first-order chi connectivity index (χ1) is 12.7. The van der Waals surface area contributed by atoms with Gasteiger partial charge in [-0.2, -0.15) is 0 Å². The van der Waals surface area contributed by atoms with E-state index >= 15 is 0 Å². The summed E-state index contributed by atoms with van der Waals surface area (Å²) in [4.78, 5) is 24.4. The van der Waals surface area contributed by atoms with Crippen molar-refractivity contribution in [3.8, 4) is 0 Å². The van der Waals surface area contributed by atoms with Gasteiger partial charge in [0.15, 0.2) is 0 Å². The largest absolute Gasteiger partial charge is 0.351 e. The minimum absolute atomic E-state index is 0.121. The average Bonchev–Trinajstić information content (AvgIpc) is 2.63. The number of hydrogen-bond donors (Lipinski definition) is 2. The predicted octanol–water partition coefficient (Wildman–Crippen LogP) is 5.25. The van der Waals surface area contributed by atoms with Gasteiger partial charge in [0.05, 0.1) is 0 Å². The number of carbonyl (C=O) groups excluding carboxylic acids is 2. The van der Waals surface area contributed by atoms with Crippen molar-refractivity contribution in [1.29, 1.82) is 0 Å². The summed E-state index contributed by atoms with van der Waals surface area (Å²) in [6.07, 6.45) is 17.2. The van der Waals surface area contributed by atoms with Crippen molar-refractivity contribution < 1.29 is 9.59 Å². The molecule has 1 saturated carbocycles. The summed E-state index contributed by atoms with van der Waals surface area (Å²) in [6.45, 7) is 4.41. The summed E-state index contributed by atoms with van der Waals surface area (Å²) < 4.78 is 0. The van der Waals surface area contributed by atoms with Crippen LogP contribution < -0.4 is 10.6 Å². The highest BCUT2D eigenvalue weighted by atomic mass is 16.2. The average molecular weight is 367 g/mol. The van der Waals surface area contributed by atoms with E-state index in [4.69, 9.17) is 0 Å². The van der Waals surface area contributed by atoms with Crippen molar-refractivity contribution in [2.45, 2.75) is 129 Å². The smallest absolute Gasteiger partial charge is 0.220 e. The topological polar surface area (TPSA) is 58.2 Å². The zero-order chi connectivity index (χ0) is 19.0. The molecule has 0 radical (unpaired) electrons. The number of amides is 2. The fourth-order valence-corrected chi connectivity index (χ4v) is 3.81. The summed E-state index contributed by atoms with van der Waals surface area (Å²) in [6, 6.07) is 0.242. The molecule has 1 rings (SSSR count). The van der Waals surface area contributed by atoms with E-state index in [1.807, 2.05) is 0 Å². The Kier molecular flexibility index (Phi) is 13.3. The molecule has 152 valence electrons. The zero-order valence-corrected chi connectivity index (χ0v) is 17.3. The Morgan fingerprint density at radius 1 is 0.654 bits per heavy atom. The number of rotatable bonds is 14. The summed E-state index contributed by atoms with van der Waals surface area (Å²) >= 11 is 0. The first-order valence-corrected chi connectivity index (χ1v) is 11.3. The lowest BCUT2D eigenvalue weighted by Crippen LogP contribution is -2.53. The van der Waals surface area contributed by atoms with Crippen LogP contribution in [0.3, 0.4) is 0 Å². The maximum Gasteiger partial charge on any atom is 0.220 e. The predicted molar refractivity (Wildman–Crippen MR) is 109 cm³/mol. The molecule has 0 aromatic rings. The van der Waals surface area contributed by atoms with Gasteiger partial charge in [-0.1, -0.05) is 78.1 Å². The van der Waals surface area contributed by atoms with Crippen molar-refractivity contribution in [3.05, 3.63) is 0 Å². The Labute approximate surface area is 161 Å². The third-order valence-corrected chi connectivity index (χ3v) is 5.47. The fourth-order valence-electron chi connectivity index (χ4n) is 3.81. The summed E-state index contributed by atoms with van der Waals surface area (Å²) in [5, 5.41) is 6.39. The molecule has 1 aliphatic rings. The second-order valence-corrected chi connectivity index (χ2v) is 7.96. The lowest BCUT2D eigenvalue weighted by molar-refractivity contribution is -0.125. The molecule has 2 amide bonds. The van der Waals surface area contributed by atoms with Crippen LogP contribution in [0.1, 0.15) is 117 Å². The molecule has 1 fully saturated rings. The van der Waals surface area contributed by atoms with E-state index in [0.717, 1.165) is 51.4 Å². The van der Waals surface area contributed by atoms with Crippen molar-refractivity contribution in [2.24, 2.45) is 0 Å².